The lowest BCUT2D eigenvalue weighted by Crippen LogP contribution is -2.21. The smallest absolute Gasteiger partial charge is 0.406 e. The first-order valence-electron chi connectivity index (χ1n) is 8.84. The molecule has 0 bridgehead atoms. The van der Waals surface area contributed by atoms with Crippen molar-refractivity contribution in [3.05, 3.63) is 54.9 Å². The maximum atomic E-state index is 12.6. The van der Waals surface area contributed by atoms with Gasteiger partial charge in [-0.15, -0.1) is 13.2 Å². The van der Waals surface area contributed by atoms with Crippen molar-refractivity contribution in [3.63, 3.8) is 0 Å². The molecule has 0 spiro atoms. The number of aryl methyl sites for hydroxylation is 1. The monoisotopic (exact) mass is 453 g/mol. The van der Waals surface area contributed by atoms with E-state index in [2.05, 4.69) is 21.6 Å². The molecule has 7 nitrogen and oxygen atoms in total. The molecule has 1 heterocycles. The topological polar surface area (TPSA) is 90.3 Å². The highest BCUT2D eigenvalue weighted by atomic mass is 32.2. The summed E-state index contributed by atoms with van der Waals surface area (Å²) in [7, 11) is -2.09. The normalized spacial score (nSPS) is 12.0. The second-order valence-corrected chi connectivity index (χ2v) is 8.68. The molecule has 11 heteroatoms. The Labute approximate surface area is 176 Å². The number of aromatic nitrogens is 2. The van der Waals surface area contributed by atoms with E-state index in [-0.39, 0.29) is 17.2 Å². The minimum absolute atomic E-state index is 0.00707. The number of hydrogen-bond donors (Lipinski definition) is 1. The molecular formula is C20H18F3N3O4S. The molecule has 0 aliphatic carbocycles. The molecule has 2 aromatic carbocycles. The predicted molar refractivity (Wildman–Crippen MR) is 108 cm³/mol. The van der Waals surface area contributed by atoms with Crippen LogP contribution in [0.4, 0.5) is 13.2 Å². The van der Waals surface area contributed by atoms with Gasteiger partial charge in [0, 0.05) is 25.4 Å². The Bertz CT molecular complexity index is 1260. The summed E-state index contributed by atoms with van der Waals surface area (Å²) in [6, 6.07) is 6.69. The highest BCUT2D eigenvalue weighted by Gasteiger charge is 2.31. The fourth-order valence-electron chi connectivity index (χ4n) is 3.21. The van der Waals surface area contributed by atoms with Crippen molar-refractivity contribution < 1.29 is 31.1 Å². The van der Waals surface area contributed by atoms with E-state index in [1.165, 1.54) is 23.0 Å². The number of carbonyl (C=O) groups excluding carboxylic acids is 1. The van der Waals surface area contributed by atoms with Crippen molar-refractivity contribution in [3.8, 4) is 16.9 Å². The number of ether oxygens (including phenoxy) is 1. The third-order valence-electron chi connectivity index (χ3n) is 4.43. The highest BCUT2D eigenvalue weighted by Crippen LogP contribution is 2.36. The van der Waals surface area contributed by atoms with Crippen molar-refractivity contribution in [1.82, 2.24) is 14.9 Å². The zero-order valence-electron chi connectivity index (χ0n) is 16.5. The Morgan fingerprint density at radius 2 is 1.94 bits per heavy atom. The maximum Gasteiger partial charge on any atom is 0.573 e. The fraction of sp³-hybridized carbons (Fsp3) is 0.200. The maximum absolute atomic E-state index is 12.6. The number of rotatable bonds is 6. The molecule has 0 aliphatic rings. The predicted octanol–water partition coefficient (Wildman–Crippen LogP) is 3.34. The van der Waals surface area contributed by atoms with Gasteiger partial charge in [-0.3, -0.25) is 4.79 Å². The third-order valence-corrected chi connectivity index (χ3v) is 5.62. The molecule has 1 N–H and O–H groups in total. The molecule has 0 aliphatic heterocycles. The molecule has 1 amide bonds. The number of sulfone groups is 1. The molecular weight excluding hydrogens is 435 g/mol. The van der Waals surface area contributed by atoms with Crippen LogP contribution in [0.15, 0.2) is 54.2 Å². The van der Waals surface area contributed by atoms with Gasteiger partial charge in [0.2, 0.25) is 5.91 Å². The summed E-state index contributed by atoms with van der Waals surface area (Å²) in [6.07, 6.45) is -1.26. The molecule has 164 valence electrons. The second kappa shape index (κ2) is 8.06. The van der Waals surface area contributed by atoms with Crippen molar-refractivity contribution in [2.24, 2.45) is 7.05 Å². The Kier molecular flexibility index (Phi) is 5.81. The summed E-state index contributed by atoms with van der Waals surface area (Å²) >= 11 is 0. The number of carbonyl (C=O) groups is 1. The van der Waals surface area contributed by atoms with Gasteiger partial charge in [-0.05, 0) is 35.4 Å². The van der Waals surface area contributed by atoms with E-state index in [0.29, 0.717) is 27.7 Å². The number of halogens is 3. The summed E-state index contributed by atoms with van der Waals surface area (Å²) in [5, 5.41) is 2.55. The molecule has 31 heavy (non-hydrogen) atoms. The average Bonchev–Trinajstić information content (AvgIpc) is 3.05. The van der Waals surface area contributed by atoms with Gasteiger partial charge < -0.3 is 14.6 Å². The zero-order chi connectivity index (χ0) is 23.0. The van der Waals surface area contributed by atoms with Crippen LogP contribution in [0.2, 0.25) is 0 Å². The quantitative estimate of drug-likeness (QED) is 0.578. The summed E-state index contributed by atoms with van der Waals surface area (Å²) in [5.41, 5.74) is 1.96. The minimum atomic E-state index is -4.82. The lowest BCUT2D eigenvalue weighted by atomic mass is 10.0. The van der Waals surface area contributed by atoms with Crippen LogP contribution in [0.25, 0.3) is 22.2 Å². The number of nitrogens with zero attached hydrogens (tertiary/aromatic N) is 2. The number of imidazole rings is 1. The van der Waals surface area contributed by atoms with Crippen molar-refractivity contribution >= 4 is 26.8 Å². The molecule has 0 saturated heterocycles. The Morgan fingerprint density at radius 3 is 2.48 bits per heavy atom. The Hall–Kier alpha value is -3.34. The lowest BCUT2D eigenvalue weighted by molar-refractivity contribution is -0.274. The second-order valence-electron chi connectivity index (χ2n) is 6.73. The summed E-state index contributed by atoms with van der Waals surface area (Å²) in [6.45, 7) is 3.26. The molecule has 3 aromatic rings. The zero-order valence-corrected chi connectivity index (χ0v) is 17.3. The molecule has 0 radical (unpaired) electrons. The van der Waals surface area contributed by atoms with Crippen LogP contribution >= 0.6 is 0 Å². The standard InChI is InChI=1S/C20H18F3N3O4S/c1-4-16(27)24-10-13-9-15(12-5-7-14(8-6-12)30-20(21,22)23)17-18(26(2)11-25-17)19(13)31(3,28)29/h4-9,11H,1,10H2,2-3H3,(H,24,27). The summed E-state index contributed by atoms with van der Waals surface area (Å²) in [5.74, 6) is -0.875. The summed E-state index contributed by atoms with van der Waals surface area (Å²) < 4.78 is 67.8. The van der Waals surface area contributed by atoms with E-state index in [1.807, 2.05) is 0 Å². The van der Waals surface area contributed by atoms with Crippen LogP contribution in [0.5, 0.6) is 5.75 Å². The number of amides is 1. The number of benzene rings is 2. The minimum Gasteiger partial charge on any atom is -0.406 e. The largest absolute Gasteiger partial charge is 0.573 e. The van der Waals surface area contributed by atoms with Crippen LogP contribution in [-0.4, -0.2) is 36.5 Å². The third kappa shape index (κ3) is 4.88. The van der Waals surface area contributed by atoms with E-state index < -0.39 is 22.1 Å². The first kappa shape index (κ1) is 22.3. The van der Waals surface area contributed by atoms with E-state index in [9.17, 15) is 26.4 Å². The number of alkyl halides is 3. The van der Waals surface area contributed by atoms with E-state index in [0.717, 1.165) is 24.5 Å². The lowest BCUT2D eigenvalue weighted by Gasteiger charge is -2.15. The van der Waals surface area contributed by atoms with Crippen LogP contribution < -0.4 is 10.1 Å². The van der Waals surface area contributed by atoms with Crippen molar-refractivity contribution in [2.75, 3.05) is 6.26 Å². The molecule has 3 rings (SSSR count). The van der Waals surface area contributed by atoms with Crippen molar-refractivity contribution in [1.29, 1.82) is 0 Å². The first-order chi connectivity index (χ1) is 14.4. The summed E-state index contributed by atoms with van der Waals surface area (Å²) in [4.78, 5) is 15.9. The highest BCUT2D eigenvalue weighted by molar-refractivity contribution is 7.91. The van der Waals surface area contributed by atoms with Gasteiger partial charge in [-0.25, -0.2) is 13.4 Å². The van der Waals surface area contributed by atoms with Gasteiger partial charge in [0.05, 0.1) is 22.3 Å². The number of hydrogen-bond acceptors (Lipinski definition) is 5. The first-order valence-corrected chi connectivity index (χ1v) is 10.7. The SMILES string of the molecule is C=CC(=O)NCc1cc(-c2ccc(OC(F)(F)F)cc2)c2ncn(C)c2c1S(C)(=O)=O. The van der Waals surface area contributed by atoms with E-state index in [1.54, 1.807) is 13.1 Å². The number of fused-ring (bicyclic) bond motifs is 1. The van der Waals surface area contributed by atoms with E-state index >= 15 is 0 Å². The Balaban J connectivity index is 2.20. The fourth-order valence-corrected chi connectivity index (χ4v) is 4.41. The van der Waals surface area contributed by atoms with Crippen LogP contribution in [0.3, 0.4) is 0 Å². The van der Waals surface area contributed by atoms with Gasteiger partial charge in [0.1, 0.15) is 5.75 Å². The van der Waals surface area contributed by atoms with Gasteiger partial charge in [0.25, 0.3) is 0 Å². The molecule has 0 atom stereocenters. The van der Waals surface area contributed by atoms with Crippen LogP contribution in [-0.2, 0) is 28.2 Å². The van der Waals surface area contributed by atoms with Crippen LogP contribution in [0, 0.1) is 0 Å². The van der Waals surface area contributed by atoms with Crippen molar-refractivity contribution in [2.45, 2.75) is 17.8 Å². The molecule has 0 fully saturated rings. The molecule has 0 saturated carbocycles. The average molecular weight is 453 g/mol. The van der Waals surface area contributed by atoms with Gasteiger partial charge in [0.15, 0.2) is 9.84 Å². The molecule has 0 unspecified atom stereocenters. The van der Waals surface area contributed by atoms with Gasteiger partial charge in [-0.1, -0.05) is 18.7 Å². The van der Waals surface area contributed by atoms with Crippen LogP contribution in [0.1, 0.15) is 5.56 Å². The Morgan fingerprint density at radius 1 is 1.29 bits per heavy atom. The molecule has 1 aromatic heterocycles. The van der Waals surface area contributed by atoms with Gasteiger partial charge in [-0.2, -0.15) is 0 Å². The number of nitrogens with one attached hydrogen (secondary N) is 1. The van der Waals surface area contributed by atoms with E-state index in [4.69, 9.17) is 0 Å². The van der Waals surface area contributed by atoms with Gasteiger partial charge >= 0.3 is 6.36 Å².